The molecule has 1 N–H and O–H groups in total. The number of carbonyl (C=O) groups excluding carboxylic acids is 1. The number of nitrogens with one attached hydrogen (secondary N) is 1. The Balaban J connectivity index is 1.75. The van der Waals surface area contributed by atoms with Crippen LogP contribution in [0.5, 0.6) is 5.75 Å². The molecule has 1 aliphatic rings. The van der Waals surface area contributed by atoms with Crippen molar-refractivity contribution in [3.05, 3.63) is 52.0 Å². The van der Waals surface area contributed by atoms with Crippen molar-refractivity contribution in [3.8, 4) is 5.75 Å². The minimum atomic E-state index is -3.65. The number of ether oxygens (including phenoxy) is 1. The molecule has 3 rings (SSSR count). The lowest BCUT2D eigenvalue weighted by molar-refractivity contribution is -0.120. The fraction of sp³-hybridized carbons (Fsp3) is 0.316. The zero-order chi connectivity index (χ0) is 20.3. The maximum absolute atomic E-state index is 12.9. The Morgan fingerprint density at radius 2 is 1.96 bits per heavy atom. The molecule has 0 saturated carbocycles. The summed E-state index contributed by atoms with van der Waals surface area (Å²) >= 11 is 9.31. The second-order valence-electron chi connectivity index (χ2n) is 6.49. The summed E-state index contributed by atoms with van der Waals surface area (Å²) in [5, 5.41) is 3.29. The number of anilines is 1. The SMILES string of the molecule is COc1ccc(Cl)cc1NC(=O)C1CCCN(S(=O)(=O)c2ccc(Br)cc2)C1. The first kappa shape index (κ1) is 21.1. The van der Waals surface area contributed by atoms with Gasteiger partial charge in [0.25, 0.3) is 0 Å². The van der Waals surface area contributed by atoms with Crippen LogP contribution in [0.1, 0.15) is 12.8 Å². The Hall–Kier alpha value is -1.61. The third-order valence-corrected chi connectivity index (χ3v) is 7.27. The summed E-state index contributed by atoms with van der Waals surface area (Å²) in [7, 11) is -2.14. The number of hydrogen-bond acceptors (Lipinski definition) is 4. The summed E-state index contributed by atoms with van der Waals surface area (Å²) in [5.74, 6) is -0.216. The third-order valence-electron chi connectivity index (χ3n) is 4.63. The van der Waals surface area contributed by atoms with E-state index in [1.54, 1.807) is 42.5 Å². The molecule has 1 fully saturated rings. The number of amides is 1. The molecule has 1 unspecified atom stereocenters. The Kier molecular flexibility index (Phi) is 6.65. The van der Waals surface area contributed by atoms with E-state index < -0.39 is 15.9 Å². The van der Waals surface area contributed by atoms with Gasteiger partial charge < -0.3 is 10.1 Å². The van der Waals surface area contributed by atoms with Crippen LogP contribution in [-0.4, -0.2) is 38.8 Å². The first-order valence-corrected chi connectivity index (χ1v) is 11.3. The third kappa shape index (κ3) is 4.68. The van der Waals surface area contributed by atoms with Gasteiger partial charge in [-0.3, -0.25) is 4.79 Å². The zero-order valence-electron chi connectivity index (χ0n) is 15.2. The lowest BCUT2D eigenvalue weighted by Crippen LogP contribution is -2.43. The molecule has 2 aromatic rings. The highest BCUT2D eigenvalue weighted by Crippen LogP contribution is 2.30. The van der Waals surface area contributed by atoms with Gasteiger partial charge in [0.05, 0.1) is 23.6 Å². The fourth-order valence-corrected chi connectivity index (χ4v) is 5.10. The first-order valence-electron chi connectivity index (χ1n) is 8.71. The first-order chi connectivity index (χ1) is 13.3. The Bertz CT molecular complexity index is 966. The van der Waals surface area contributed by atoms with Gasteiger partial charge in [0.15, 0.2) is 0 Å². The number of methoxy groups -OCH3 is 1. The molecule has 0 spiro atoms. The minimum absolute atomic E-state index is 0.132. The van der Waals surface area contributed by atoms with Crippen molar-refractivity contribution >= 4 is 49.1 Å². The molecule has 28 heavy (non-hydrogen) atoms. The van der Waals surface area contributed by atoms with Gasteiger partial charge >= 0.3 is 0 Å². The van der Waals surface area contributed by atoms with Crippen LogP contribution < -0.4 is 10.1 Å². The molecule has 0 bridgehead atoms. The molecule has 150 valence electrons. The van der Waals surface area contributed by atoms with Gasteiger partial charge in [0.1, 0.15) is 5.75 Å². The number of nitrogens with zero attached hydrogens (tertiary/aromatic N) is 1. The van der Waals surface area contributed by atoms with Crippen LogP contribution in [0.2, 0.25) is 5.02 Å². The number of carbonyl (C=O) groups is 1. The molecule has 6 nitrogen and oxygen atoms in total. The average Bonchev–Trinajstić information content (AvgIpc) is 2.68. The molecule has 1 saturated heterocycles. The van der Waals surface area contributed by atoms with Crippen molar-refractivity contribution in [1.82, 2.24) is 4.31 Å². The molecule has 9 heteroatoms. The van der Waals surface area contributed by atoms with E-state index in [4.69, 9.17) is 16.3 Å². The van der Waals surface area contributed by atoms with Crippen LogP contribution in [0.25, 0.3) is 0 Å². The van der Waals surface area contributed by atoms with E-state index in [2.05, 4.69) is 21.2 Å². The normalized spacial score (nSPS) is 17.9. The molecule has 1 heterocycles. The van der Waals surface area contributed by atoms with Crippen LogP contribution in [0.15, 0.2) is 51.8 Å². The smallest absolute Gasteiger partial charge is 0.243 e. The number of halogens is 2. The van der Waals surface area contributed by atoms with Crippen molar-refractivity contribution in [2.45, 2.75) is 17.7 Å². The number of benzene rings is 2. The molecule has 1 atom stereocenters. The Morgan fingerprint density at radius 1 is 1.25 bits per heavy atom. The van der Waals surface area contributed by atoms with Gasteiger partial charge in [-0.05, 0) is 55.3 Å². The maximum Gasteiger partial charge on any atom is 0.243 e. The Morgan fingerprint density at radius 3 is 2.64 bits per heavy atom. The second-order valence-corrected chi connectivity index (χ2v) is 9.78. The van der Waals surface area contributed by atoms with E-state index in [9.17, 15) is 13.2 Å². The van der Waals surface area contributed by atoms with Crippen molar-refractivity contribution in [3.63, 3.8) is 0 Å². The van der Waals surface area contributed by atoms with Crippen molar-refractivity contribution in [2.75, 3.05) is 25.5 Å². The zero-order valence-corrected chi connectivity index (χ0v) is 18.4. The summed E-state index contributed by atoms with van der Waals surface area (Å²) in [6, 6.07) is 11.4. The standard InChI is InChI=1S/C19H20BrClN2O4S/c1-27-18-9-6-15(21)11-17(18)22-19(24)13-3-2-10-23(12-13)28(25,26)16-7-4-14(20)5-8-16/h4-9,11,13H,2-3,10,12H2,1H3,(H,22,24). The van der Waals surface area contributed by atoms with Crippen LogP contribution >= 0.6 is 27.5 Å². The molecule has 0 radical (unpaired) electrons. The van der Waals surface area contributed by atoms with Crippen molar-refractivity contribution < 1.29 is 17.9 Å². The molecule has 0 aromatic heterocycles. The predicted octanol–water partition coefficient (Wildman–Crippen LogP) is 4.15. The maximum atomic E-state index is 12.9. The molecular formula is C19H20BrClN2O4S. The quantitative estimate of drug-likeness (QED) is 0.687. The molecule has 0 aliphatic carbocycles. The van der Waals surface area contributed by atoms with Gasteiger partial charge in [0, 0.05) is 22.6 Å². The Labute approximate surface area is 178 Å². The second kappa shape index (κ2) is 8.82. The van der Waals surface area contributed by atoms with Gasteiger partial charge in [-0.2, -0.15) is 4.31 Å². The molecular weight excluding hydrogens is 468 g/mol. The summed E-state index contributed by atoms with van der Waals surface area (Å²) in [6.07, 6.45) is 1.22. The summed E-state index contributed by atoms with van der Waals surface area (Å²) < 4.78 is 33.2. The summed E-state index contributed by atoms with van der Waals surface area (Å²) in [6.45, 7) is 0.524. The summed E-state index contributed by atoms with van der Waals surface area (Å²) in [4.78, 5) is 13.0. The number of hydrogen-bond donors (Lipinski definition) is 1. The van der Waals surface area contributed by atoms with Crippen LogP contribution in [0, 0.1) is 5.92 Å². The number of piperidine rings is 1. The van der Waals surface area contributed by atoms with Gasteiger partial charge in [0.2, 0.25) is 15.9 Å². The summed E-state index contributed by atoms with van der Waals surface area (Å²) in [5.41, 5.74) is 0.466. The van der Waals surface area contributed by atoms with Crippen molar-refractivity contribution in [1.29, 1.82) is 0 Å². The van der Waals surface area contributed by atoms with E-state index >= 15 is 0 Å². The van der Waals surface area contributed by atoms with E-state index in [0.717, 1.165) is 4.47 Å². The lowest BCUT2D eigenvalue weighted by atomic mass is 9.98. The monoisotopic (exact) mass is 486 g/mol. The van der Waals surface area contributed by atoms with Crippen LogP contribution in [0.3, 0.4) is 0 Å². The predicted molar refractivity (Wildman–Crippen MR) is 112 cm³/mol. The van der Waals surface area contributed by atoms with Gasteiger partial charge in [-0.25, -0.2) is 8.42 Å². The molecule has 2 aromatic carbocycles. The van der Waals surface area contributed by atoms with Gasteiger partial charge in [-0.15, -0.1) is 0 Å². The average molecular weight is 488 g/mol. The van der Waals surface area contributed by atoms with E-state index in [1.807, 2.05) is 0 Å². The number of rotatable bonds is 5. The highest BCUT2D eigenvalue weighted by Gasteiger charge is 2.33. The lowest BCUT2D eigenvalue weighted by Gasteiger charge is -2.31. The van der Waals surface area contributed by atoms with E-state index in [1.165, 1.54) is 11.4 Å². The van der Waals surface area contributed by atoms with E-state index in [0.29, 0.717) is 35.8 Å². The van der Waals surface area contributed by atoms with Crippen LogP contribution in [-0.2, 0) is 14.8 Å². The van der Waals surface area contributed by atoms with E-state index in [-0.39, 0.29) is 17.3 Å². The van der Waals surface area contributed by atoms with Gasteiger partial charge in [-0.1, -0.05) is 27.5 Å². The fourth-order valence-electron chi connectivity index (χ4n) is 3.14. The molecule has 1 aliphatic heterocycles. The van der Waals surface area contributed by atoms with Crippen molar-refractivity contribution in [2.24, 2.45) is 5.92 Å². The highest BCUT2D eigenvalue weighted by atomic mass is 79.9. The highest BCUT2D eigenvalue weighted by molar-refractivity contribution is 9.10. The van der Waals surface area contributed by atoms with Crippen LogP contribution in [0.4, 0.5) is 5.69 Å². The minimum Gasteiger partial charge on any atom is -0.495 e. The molecule has 1 amide bonds. The largest absolute Gasteiger partial charge is 0.495 e. The topological polar surface area (TPSA) is 75.7 Å². The number of sulfonamides is 1.